The number of amides is 1. The topological polar surface area (TPSA) is 64.6 Å². The lowest BCUT2D eigenvalue weighted by atomic mass is 10.2. The number of carbonyl (C=O) groups excluding carboxylic acids is 2. The Hall–Kier alpha value is -2.04. The van der Waals surface area contributed by atoms with Crippen molar-refractivity contribution in [2.45, 2.75) is 59.5 Å². The van der Waals surface area contributed by atoms with Gasteiger partial charge in [-0.05, 0) is 45.7 Å². The van der Waals surface area contributed by atoms with E-state index < -0.39 is 11.7 Å². The van der Waals surface area contributed by atoms with Gasteiger partial charge in [0, 0.05) is 18.2 Å². The highest BCUT2D eigenvalue weighted by atomic mass is 16.6. The van der Waals surface area contributed by atoms with Crippen LogP contribution in [-0.2, 0) is 9.53 Å². The summed E-state index contributed by atoms with van der Waals surface area (Å²) in [6, 6.07) is 5.15. The molecule has 0 aliphatic heterocycles. The van der Waals surface area contributed by atoms with Crippen molar-refractivity contribution in [3.63, 3.8) is 0 Å². The molecular formula is C17H25NO4. The quantitative estimate of drug-likeness (QED) is 0.645. The maximum Gasteiger partial charge on any atom is 0.412 e. The number of ether oxygens (including phenoxy) is 2. The van der Waals surface area contributed by atoms with Crippen LogP contribution in [0, 0.1) is 6.92 Å². The van der Waals surface area contributed by atoms with Gasteiger partial charge in [0.1, 0.15) is 11.4 Å². The Kier molecular flexibility index (Phi) is 6.40. The number of rotatable bonds is 5. The van der Waals surface area contributed by atoms with Gasteiger partial charge in [0.2, 0.25) is 0 Å². The first-order valence-corrected chi connectivity index (χ1v) is 7.52. The van der Waals surface area contributed by atoms with Crippen LogP contribution in [-0.4, -0.2) is 17.7 Å². The molecule has 0 radical (unpaired) electrons. The molecule has 1 N–H and O–H groups in total. The Bertz CT molecular complexity index is 532. The summed E-state index contributed by atoms with van der Waals surface area (Å²) in [5, 5.41) is 2.63. The number of hydrogen-bond acceptors (Lipinski definition) is 4. The molecule has 0 aliphatic carbocycles. The van der Waals surface area contributed by atoms with E-state index in [4.69, 9.17) is 9.47 Å². The molecule has 1 amide bonds. The van der Waals surface area contributed by atoms with Gasteiger partial charge in [-0.15, -0.1) is 0 Å². The van der Waals surface area contributed by atoms with Crippen molar-refractivity contribution in [1.29, 1.82) is 0 Å². The summed E-state index contributed by atoms with van der Waals surface area (Å²) in [6.45, 7) is 9.25. The average molecular weight is 307 g/mol. The van der Waals surface area contributed by atoms with E-state index >= 15 is 0 Å². The molecule has 0 saturated carbocycles. The van der Waals surface area contributed by atoms with Gasteiger partial charge in [-0.3, -0.25) is 10.1 Å². The minimum Gasteiger partial charge on any atom is -0.444 e. The smallest absolute Gasteiger partial charge is 0.412 e. The van der Waals surface area contributed by atoms with Gasteiger partial charge in [-0.1, -0.05) is 19.4 Å². The van der Waals surface area contributed by atoms with Crippen LogP contribution in [0.2, 0.25) is 0 Å². The Morgan fingerprint density at radius 2 is 1.91 bits per heavy atom. The Morgan fingerprint density at radius 3 is 2.50 bits per heavy atom. The summed E-state index contributed by atoms with van der Waals surface area (Å²) in [5.74, 6) is 0.189. The summed E-state index contributed by atoms with van der Waals surface area (Å²) in [6.07, 6.45) is 1.58. The molecule has 22 heavy (non-hydrogen) atoms. The van der Waals surface area contributed by atoms with E-state index in [0.29, 0.717) is 17.9 Å². The van der Waals surface area contributed by atoms with Crippen LogP contribution in [0.25, 0.3) is 0 Å². The zero-order valence-corrected chi connectivity index (χ0v) is 14.0. The van der Waals surface area contributed by atoms with Crippen LogP contribution in [0.15, 0.2) is 18.2 Å². The molecule has 122 valence electrons. The van der Waals surface area contributed by atoms with Crippen LogP contribution < -0.4 is 10.1 Å². The number of nitrogens with one attached hydrogen (secondary N) is 1. The molecule has 0 heterocycles. The SMILES string of the molecule is CCCCC(=O)Oc1cc(NC(=O)OC(C)(C)C)ccc1C. The second-order valence-electron chi connectivity index (χ2n) is 6.18. The summed E-state index contributed by atoms with van der Waals surface area (Å²) in [5.41, 5.74) is 0.794. The Labute approximate surface area is 132 Å². The van der Waals surface area contributed by atoms with E-state index in [1.54, 1.807) is 39.0 Å². The van der Waals surface area contributed by atoms with E-state index in [0.717, 1.165) is 18.4 Å². The summed E-state index contributed by atoms with van der Waals surface area (Å²) in [7, 11) is 0. The maximum atomic E-state index is 11.7. The second kappa shape index (κ2) is 7.82. The first kappa shape index (κ1) is 18.0. The zero-order valence-electron chi connectivity index (χ0n) is 14.0. The van der Waals surface area contributed by atoms with Gasteiger partial charge in [0.05, 0.1) is 0 Å². The Morgan fingerprint density at radius 1 is 1.23 bits per heavy atom. The highest BCUT2D eigenvalue weighted by Crippen LogP contribution is 2.24. The lowest BCUT2D eigenvalue weighted by molar-refractivity contribution is -0.134. The van der Waals surface area contributed by atoms with Crippen molar-refractivity contribution in [2.24, 2.45) is 0 Å². The van der Waals surface area contributed by atoms with E-state index in [9.17, 15) is 9.59 Å². The van der Waals surface area contributed by atoms with Gasteiger partial charge in [0.25, 0.3) is 0 Å². The molecule has 1 rings (SSSR count). The van der Waals surface area contributed by atoms with E-state index in [-0.39, 0.29) is 5.97 Å². The number of esters is 1. The monoisotopic (exact) mass is 307 g/mol. The molecule has 5 nitrogen and oxygen atoms in total. The summed E-state index contributed by atoms with van der Waals surface area (Å²) < 4.78 is 10.5. The van der Waals surface area contributed by atoms with Crippen LogP contribution in [0.4, 0.5) is 10.5 Å². The second-order valence-corrected chi connectivity index (χ2v) is 6.18. The van der Waals surface area contributed by atoms with Crippen LogP contribution in [0.3, 0.4) is 0 Å². The molecule has 0 aromatic heterocycles. The van der Waals surface area contributed by atoms with E-state index in [1.807, 2.05) is 13.8 Å². The molecule has 5 heteroatoms. The number of hydrogen-bond donors (Lipinski definition) is 1. The fourth-order valence-electron chi connectivity index (χ4n) is 1.70. The molecular weight excluding hydrogens is 282 g/mol. The van der Waals surface area contributed by atoms with E-state index in [1.165, 1.54) is 0 Å². The number of aryl methyl sites for hydroxylation is 1. The standard InChI is InChI=1S/C17H25NO4/c1-6-7-8-15(19)21-14-11-13(10-9-12(14)2)18-16(20)22-17(3,4)5/h9-11H,6-8H2,1-5H3,(H,18,20). The third kappa shape index (κ3) is 6.61. The largest absolute Gasteiger partial charge is 0.444 e. The third-order valence-corrected chi connectivity index (χ3v) is 2.79. The molecule has 1 aromatic rings. The van der Waals surface area contributed by atoms with Gasteiger partial charge in [0.15, 0.2) is 0 Å². The third-order valence-electron chi connectivity index (χ3n) is 2.79. The van der Waals surface area contributed by atoms with Gasteiger partial charge in [-0.25, -0.2) is 4.79 Å². The number of unbranched alkanes of at least 4 members (excludes halogenated alkanes) is 1. The van der Waals surface area contributed by atoms with Crippen LogP contribution >= 0.6 is 0 Å². The lowest BCUT2D eigenvalue weighted by Crippen LogP contribution is -2.27. The highest BCUT2D eigenvalue weighted by molar-refractivity contribution is 5.85. The zero-order chi connectivity index (χ0) is 16.8. The highest BCUT2D eigenvalue weighted by Gasteiger charge is 2.16. The predicted molar refractivity (Wildman–Crippen MR) is 86.2 cm³/mol. The predicted octanol–water partition coefficient (Wildman–Crippen LogP) is 4.44. The van der Waals surface area contributed by atoms with Gasteiger partial charge < -0.3 is 9.47 Å². The fraction of sp³-hybridized carbons (Fsp3) is 0.529. The Balaban J connectivity index is 2.73. The van der Waals surface area contributed by atoms with Crippen molar-refractivity contribution in [1.82, 2.24) is 0 Å². The average Bonchev–Trinajstić information content (AvgIpc) is 2.38. The van der Waals surface area contributed by atoms with Crippen LogP contribution in [0.5, 0.6) is 5.75 Å². The molecule has 0 bridgehead atoms. The normalized spacial score (nSPS) is 11.0. The number of benzene rings is 1. The maximum absolute atomic E-state index is 11.7. The van der Waals surface area contributed by atoms with Gasteiger partial charge in [-0.2, -0.15) is 0 Å². The van der Waals surface area contributed by atoms with E-state index in [2.05, 4.69) is 5.32 Å². The van der Waals surface area contributed by atoms with Crippen molar-refractivity contribution in [2.75, 3.05) is 5.32 Å². The molecule has 0 saturated heterocycles. The molecule has 0 spiro atoms. The molecule has 0 atom stereocenters. The van der Waals surface area contributed by atoms with Crippen molar-refractivity contribution in [3.05, 3.63) is 23.8 Å². The lowest BCUT2D eigenvalue weighted by Gasteiger charge is -2.20. The number of anilines is 1. The summed E-state index contributed by atoms with van der Waals surface area (Å²) >= 11 is 0. The summed E-state index contributed by atoms with van der Waals surface area (Å²) in [4.78, 5) is 23.5. The van der Waals surface area contributed by atoms with Gasteiger partial charge >= 0.3 is 12.1 Å². The number of carbonyl (C=O) groups is 2. The minimum atomic E-state index is -0.565. The fourth-order valence-corrected chi connectivity index (χ4v) is 1.70. The first-order valence-electron chi connectivity index (χ1n) is 7.52. The minimum absolute atomic E-state index is 0.264. The molecule has 0 unspecified atom stereocenters. The first-order chi connectivity index (χ1) is 10.2. The molecule has 0 aliphatic rings. The van der Waals surface area contributed by atoms with Crippen LogP contribution in [0.1, 0.15) is 52.5 Å². The molecule has 0 fully saturated rings. The van der Waals surface area contributed by atoms with Crippen molar-refractivity contribution < 1.29 is 19.1 Å². The van der Waals surface area contributed by atoms with Crippen molar-refractivity contribution in [3.8, 4) is 5.75 Å². The van der Waals surface area contributed by atoms with Crippen molar-refractivity contribution >= 4 is 17.7 Å². The molecule has 1 aromatic carbocycles.